The number of allylic oxidation sites excluding steroid dienone is 2. The first-order valence-corrected chi connectivity index (χ1v) is 9.26. The van der Waals surface area contributed by atoms with Crippen LogP contribution in [0.15, 0.2) is 36.4 Å². The van der Waals surface area contributed by atoms with Crippen molar-refractivity contribution in [3.8, 4) is 5.75 Å². The van der Waals surface area contributed by atoms with E-state index in [0.717, 1.165) is 6.42 Å². The predicted molar refractivity (Wildman–Crippen MR) is 97.4 cm³/mol. The minimum atomic E-state index is 0.345. The van der Waals surface area contributed by atoms with Crippen LogP contribution < -0.4 is 0 Å². The molecule has 0 amide bonds. The third kappa shape index (κ3) is 10.5. The highest BCUT2D eigenvalue weighted by Crippen LogP contribution is 2.12. The summed E-state index contributed by atoms with van der Waals surface area (Å²) in [6.45, 7) is 2.28. The van der Waals surface area contributed by atoms with E-state index in [9.17, 15) is 5.11 Å². The van der Waals surface area contributed by atoms with E-state index in [1.54, 1.807) is 12.1 Å². The Bertz CT molecular complexity index is 377. The first-order valence-electron chi connectivity index (χ1n) is 9.26. The van der Waals surface area contributed by atoms with Crippen molar-refractivity contribution in [3.63, 3.8) is 0 Å². The Hall–Kier alpha value is -1.24. The zero-order valence-electron chi connectivity index (χ0n) is 14.4. The molecule has 1 N–H and O–H groups in total. The summed E-state index contributed by atoms with van der Waals surface area (Å²) in [5.74, 6) is 0.345. The number of rotatable bonds is 13. The Morgan fingerprint density at radius 1 is 0.727 bits per heavy atom. The largest absolute Gasteiger partial charge is 0.508 e. The second kappa shape index (κ2) is 13.4. The third-order valence-electron chi connectivity index (χ3n) is 4.18. The van der Waals surface area contributed by atoms with Gasteiger partial charge < -0.3 is 5.11 Å². The van der Waals surface area contributed by atoms with Gasteiger partial charge in [-0.05, 0) is 37.0 Å². The van der Waals surface area contributed by atoms with Crippen LogP contribution in [-0.4, -0.2) is 5.11 Å². The van der Waals surface area contributed by atoms with Gasteiger partial charge in [-0.25, -0.2) is 0 Å². The lowest BCUT2D eigenvalue weighted by molar-refractivity contribution is 0.475. The van der Waals surface area contributed by atoms with Crippen molar-refractivity contribution in [1.29, 1.82) is 0 Å². The van der Waals surface area contributed by atoms with Crippen LogP contribution in [0.1, 0.15) is 83.1 Å². The van der Waals surface area contributed by atoms with Crippen LogP contribution in [0.3, 0.4) is 0 Å². The van der Waals surface area contributed by atoms with E-state index in [0.29, 0.717) is 5.75 Å². The molecule has 0 bridgehead atoms. The van der Waals surface area contributed by atoms with Crippen LogP contribution in [0.4, 0.5) is 0 Å². The maximum Gasteiger partial charge on any atom is 0.115 e. The lowest BCUT2D eigenvalue weighted by Gasteiger charge is -2.01. The Morgan fingerprint density at radius 2 is 1.27 bits per heavy atom. The van der Waals surface area contributed by atoms with E-state index in [1.807, 2.05) is 12.1 Å². The maximum atomic E-state index is 9.22. The molecule has 1 rings (SSSR count). The van der Waals surface area contributed by atoms with E-state index >= 15 is 0 Å². The van der Waals surface area contributed by atoms with Gasteiger partial charge in [0.2, 0.25) is 0 Å². The number of hydrogen-bond acceptors (Lipinski definition) is 1. The molecule has 0 unspecified atom stereocenters. The van der Waals surface area contributed by atoms with Gasteiger partial charge in [-0.2, -0.15) is 0 Å². The fraction of sp³-hybridized carbons (Fsp3) is 0.619. The fourth-order valence-electron chi connectivity index (χ4n) is 2.72. The van der Waals surface area contributed by atoms with Gasteiger partial charge in [-0.1, -0.05) is 89.0 Å². The summed E-state index contributed by atoms with van der Waals surface area (Å²) in [5.41, 5.74) is 1.26. The zero-order valence-corrected chi connectivity index (χ0v) is 14.4. The van der Waals surface area contributed by atoms with Gasteiger partial charge >= 0.3 is 0 Å². The summed E-state index contributed by atoms with van der Waals surface area (Å²) in [4.78, 5) is 0. The van der Waals surface area contributed by atoms with E-state index in [1.165, 1.54) is 76.2 Å². The number of benzene rings is 1. The molecule has 0 aliphatic heterocycles. The van der Waals surface area contributed by atoms with Crippen molar-refractivity contribution < 1.29 is 5.11 Å². The van der Waals surface area contributed by atoms with E-state index in [2.05, 4.69) is 19.1 Å². The van der Waals surface area contributed by atoms with E-state index < -0.39 is 0 Å². The zero-order chi connectivity index (χ0) is 15.9. The van der Waals surface area contributed by atoms with Gasteiger partial charge in [0.1, 0.15) is 5.75 Å². The van der Waals surface area contributed by atoms with Crippen molar-refractivity contribution in [2.45, 2.75) is 84.0 Å². The Kier molecular flexibility index (Phi) is 11.5. The van der Waals surface area contributed by atoms with Gasteiger partial charge in [0.25, 0.3) is 0 Å². The van der Waals surface area contributed by atoms with Crippen molar-refractivity contribution in [3.05, 3.63) is 42.0 Å². The van der Waals surface area contributed by atoms with Crippen molar-refractivity contribution in [1.82, 2.24) is 0 Å². The Labute approximate surface area is 137 Å². The highest BCUT2D eigenvalue weighted by Gasteiger charge is 1.92. The van der Waals surface area contributed by atoms with Gasteiger partial charge in [-0.3, -0.25) is 0 Å². The van der Waals surface area contributed by atoms with Crippen LogP contribution in [0.25, 0.3) is 0 Å². The molecule has 0 spiro atoms. The lowest BCUT2D eigenvalue weighted by atomic mass is 10.1. The molecule has 0 fully saturated rings. The first kappa shape index (κ1) is 18.8. The summed E-state index contributed by atoms with van der Waals surface area (Å²) in [6.07, 6.45) is 20.7. The van der Waals surface area contributed by atoms with Crippen molar-refractivity contribution >= 4 is 0 Å². The Morgan fingerprint density at radius 3 is 1.86 bits per heavy atom. The minimum absolute atomic E-state index is 0.345. The molecule has 0 saturated carbocycles. The molecule has 0 aromatic heterocycles. The molecule has 0 saturated heterocycles. The maximum absolute atomic E-state index is 9.22. The molecule has 0 radical (unpaired) electrons. The van der Waals surface area contributed by atoms with Crippen molar-refractivity contribution in [2.24, 2.45) is 0 Å². The van der Waals surface area contributed by atoms with Gasteiger partial charge in [-0.15, -0.1) is 0 Å². The Balaban J connectivity index is 1.87. The summed E-state index contributed by atoms with van der Waals surface area (Å²) in [7, 11) is 0. The van der Waals surface area contributed by atoms with Crippen LogP contribution in [0, 0.1) is 0 Å². The quantitative estimate of drug-likeness (QED) is 0.314. The monoisotopic (exact) mass is 302 g/mol. The SMILES string of the molecule is CCCCCCCCCCCCC=CCc1ccc(O)cc1. The topological polar surface area (TPSA) is 20.2 Å². The number of phenolic OH excluding ortho intramolecular Hbond substituents is 1. The summed E-state index contributed by atoms with van der Waals surface area (Å²) in [5, 5.41) is 9.22. The van der Waals surface area contributed by atoms with Gasteiger partial charge in [0.15, 0.2) is 0 Å². The van der Waals surface area contributed by atoms with Crippen molar-refractivity contribution in [2.75, 3.05) is 0 Å². The minimum Gasteiger partial charge on any atom is -0.508 e. The smallest absolute Gasteiger partial charge is 0.115 e. The van der Waals surface area contributed by atoms with Crippen LogP contribution in [0.2, 0.25) is 0 Å². The van der Waals surface area contributed by atoms with Crippen LogP contribution in [0.5, 0.6) is 5.75 Å². The molecule has 0 aliphatic carbocycles. The van der Waals surface area contributed by atoms with E-state index in [-0.39, 0.29) is 0 Å². The predicted octanol–water partition coefficient (Wildman–Crippen LogP) is 6.80. The van der Waals surface area contributed by atoms with Gasteiger partial charge in [0, 0.05) is 0 Å². The number of aromatic hydroxyl groups is 1. The van der Waals surface area contributed by atoms with Crippen LogP contribution in [-0.2, 0) is 6.42 Å². The molecule has 1 nitrogen and oxygen atoms in total. The molecule has 1 aromatic carbocycles. The average Bonchev–Trinajstić information content (AvgIpc) is 2.53. The molecule has 0 heterocycles. The standard InChI is InChI=1S/C21H34O/c1-2-3-4-5-6-7-8-9-10-11-12-13-14-15-20-16-18-21(22)19-17-20/h13-14,16-19,22H,2-12,15H2,1H3. The summed E-state index contributed by atoms with van der Waals surface area (Å²) < 4.78 is 0. The highest BCUT2D eigenvalue weighted by atomic mass is 16.3. The number of unbranched alkanes of at least 4 members (excludes halogenated alkanes) is 10. The second-order valence-electron chi connectivity index (χ2n) is 6.31. The lowest BCUT2D eigenvalue weighted by Crippen LogP contribution is -1.82. The fourth-order valence-corrected chi connectivity index (χ4v) is 2.72. The molecule has 0 aliphatic rings. The van der Waals surface area contributed by atoms with Gasteiger partial charge in [0.05, 0.1) is 0 Å². The number of phenols is 1. The highest BCUT2D eigenvalue weighted by molar-refractivity contribution is 5.27. The third-order valence-corrected chi connectivity index (χ3v) is 4.18. The van der Waals surface area contributed by atoms with Crippen LogP contribution >= 0.6 is 0 Å². The number of hydrogen-bond donors (Lipinski definition) is 1. The molecule has 22 heavy (non-hydrogen) atoms. The summed E-state index contributed by atoms with van der Waals surface area (Å²) >= 11 is 0. The second-order valence-corrected chi connectivity index (χ2v) is 6.31. The normalized spacial score (nSPS) is 11.3. The average molecular weight is 303 g/mol. The first-order chi connectivity index (χ1) is 10.8. The molecule has 1 aromatic rings. The summed E-state index contributed by atoms with van der Waals surface area (Å²) in [6, 6.07) is 7.48. The van der Waals surface area contributed by atoms with E-state index in [4.69, 9.17) is 0 Å². The molecule has 1 heteroatoms. The molecule has 0 atom stereocenters. The molecular formula is C21H34O. The molecule has 124 valence electrons. The molecular weight excluding hydrogens is 268 g/mol.